The predicted molar refractivity (Wildman–Crippen MR) is 87.7 cm³/mol. The Morgan fingerprint density at radius 1 is 1.40 bits per heavy atom. The van der Waals surface area contributed by atoms with E-state index < -0.39 is 18.8 Å². The maximum absolute atomic E-state index is 12.5. The van der Waals surface area contributed by atoms with E-state index in [-0.39, 0.29) is 30.0 Å². The van der Waals surface area contributed by atoms with Gasteiger partial charge in [0.25, 0.3) is 0 Å². The van der Waals surface area contributed by atoms with Gasteiger partial charge in [-0.2, -0.15) is 13.2 Å². The number of nitrogens with one attached hydrogen (secondary N) is 1. The molecule has 1 saturated heterocycles. The first-order valence-corrected chi connectivity index (χ1v) is 8.18. The Bertz CT molecular complexity index is 607. The van der Waals surface area contributed by atoms with Gasteiger partial charge in [-0.1, -0.05) is 6.07 Å². The molecule has 0 spiro atoms. The quantitative estimate of drug-likeness (QED) is 0.863. The van der Waals surface area contributed by atoms with Gasteiger partial charge in [0.2, 0.25) is 0 Å². The van der Waals surface area contributed by atoms with Gasteiger partial charge >= 0.3 is 12.2 Å². The van der Waals surface area contributed by atoms with Crippen LogP contribution >= 0.6 is 0 Å². The second kappa shape index (κ2) is 7.95. The smallest absolute Gasteiger partial charge is 0.422 e. The van der Waals surface area contributed by atoms with Gasteiger partial charge in [-0.15, -0.1) is 0 Å². The lowest BCUT2D eigenvalue weighted by atomic mass is 9.94. The minimum Gasteiger partial charge on any atom is -0.482 e. The highest BCUT2D eigenvalue weighted by Crippen LogP contribution is 2.29. The van der Waals surface area contributed by atoms with Crippen LogP contribution in [0.15, 0.2) is 18.2 Å². The van der Waals surface area contributed by atoms with E-state index in [9.17, 15) is 23.1 Å². The number of nitrogens with zero attached hydrogens (tertiary/aromatic N) is 1. The van der Waals surface area contributed by atoms with Crippen molar-refractivity contribution in [1.82, 2.24) is 4.90 Å². The lowest BCUT2D eigenvalue weighted by molar-refractivity contribution is -0.153. The summed E-state index contributed by atoms with van der Waals surface area (Å²) in [4.78, 5) is 14.1. The number of hydrogen-bond acceptors (Lipinski definition) is 3. The van der Waals surface area contributed by atoms with Gasteiger partial charge in [-0.05, 0) is 50.3 Å². The summed E-state index contributed by atoms with van der Waals surface area (Å²) in [7, 11) is 0. The Hall–Kier alpha value is -1.96. The summed E-state index contributed by atoms with van der Waals surface area (Å²) in [6.45, 7) is 2.62. The molecule has 25 heavy (non-hydrogen) atoms. The molecule has 1 heterocycles. The summed E-state index contributed by atoms with van der Waals surface area (Å²) in [5.41, 5.74) is 0.917. The fraction of sp³-hybridized carbons (Fsp3) is 0.588. The maximum Gasteiger partial charge on any atom is 0.422 e. The summed E-state index contributed by atoms with van der Waals surface area (Å²) >= 11 is 0. The number of piperidine rings is 1. The summed E-state index contributed by atoms with van der Waals surface area (Å²) in [5, 5.41) is 11.9. The lowest BCUT2D eigenvalue weighted by Gasteiger charge is -2.37. The van der Waals surface area contributed by atoms with Gasteiger partial charge in [-0.3, -0.25) is 0 Å². The van der Waals surface area contributed by atoms with Gasteiger partial charge in [0.1, 0.15) is 5.75 Å². The zero-order valence-electron chi connectivity index (χ0n) is 14.3. The van der Waals surface area contributed by atoms with Crippen LogP contribution in [0.4, 0.5) is 23.7 Å². The van der Waals surface area contributed by atoms with Crippen LogP contribution in [0.25, 0.3) is 0 Å². The minimum absolute atomic E-state index is 0.000968. The second-order valence-corrected chi connectivity index (χ2v) is 6.46. The number of aliphatic hydroxyl groups excluding tert-OH is 1. The third-order valence-electron chi connectivity index (χ3n) is 4.27. The number of anilines is 1. The molecular weight excluding hydrogens is 337 g/mol. The molecule has 1 aromatic rings. The molecule has 0 aromatic heterocycles. The monoisotopic (exact) mass is 360 g/mol. The van der Waals surface area contributed by atoms with Gasteiger partial charge in [0, 0.05) is 19.2 Å². The number of hydrogen-bond donors (Lipinski definition) is 2. The third kappa shape index (κ3) is 5.52. The summed E-state index contributed by atoms with van der Waals surface area (Å²) in [5.74, 6) is -0.00466. The first-order chi connectivity index (χ1) is 11.7. The molecule has 1 aliphatic heterocycles. The first kappa shape index (κ1) is 19.4. The fourth-order valence-corrected chi connectivity index (χ4v) is 2.81. The molecule has 140 valence electrons. The largest absolute Gasteiger partial charge is 0.482 e. The highest BCUT2D eigenvalue weighted by Gasteiger charge is 2.30. The van der Waals surface area contributed by atoms with E-state index in [1.165, 1.54) is 12.1 Å². The highest BCUT2D eigenvalue weighted by atomic mass is 19.4. The van der Waals surface area contributed by atoms with Gasteiger partial charge < -0.3 is 20.1 Å². The number of benzene rings is 1. The van der Waals surface area contributed by atoms with Crippen LogP contribution in [0, 0.1) is 12.8 Å². The van der Waals surface area contributed by atoms with Crippen LogP contribution in [0.5, 0.6) is 5.75 Å². The Labute approximate surface area is 144 Å². The van der Waals surface area contributed by atoms with Crippen molar-refractivity contribution >= 4 is 11.7 Å². The van der Waals surface area contributed by atoms with E-state index >= 15 is 0 Å². The number of halogens is 3. The molecule has 2 atom stereocenters. The first-order valence-electron chi connectivity index (χ1n) is 8.18. The molecule has 2 rings (SSSR count). The average molecular weight is 360 g/mol. The van der Waals surface area contributed by atoms with Gasteiger partial charge in [-0.25, -0.2) is 4.79 Å². The SMILES string of the molecule is Cc1ccc(NC(=O)N2C[C@H](CO)CC[C@@H]2C)c(OCC(F)(F)F)c1. The van der Waals surface area contributed by atoms with E-state index in [0.29, 0.717) is 6.54 Å². The molecule has 0 bridgehead atoms. The van der Waals surface area contributed by atoms with Crippen molar-refractivity contribution in [1.29, 1.82) is 0 Å². The molecule has 0 saturated carbocycles. The molecule has 0 aliphatic carbocycles. The third-order valence-corrected chi connectivity index (χ3v) is 4.27. The van der Waals surface area contributed by atoms with Crippen molar-refractivity contribution in [2.24, 2.45) is 5.92 Å². The molecular formula is C17H23F3N2O3. The summed E-state index contributed by atoms with van der Waals surface area (Å²) in [6.07, 6.45) is -2.85. The number of carbonyl (C=O) groups excluding carboxylic acids is 1. The lowest BCUT2D eigenvalue weighted by Crippen LogP contribution is -2.48. The van der Waals surface area contributed by atoms with Crippen molar-refractivity contribution in [2.45, 2.75) is 38.9 Å². The highest BCUT2D eigenvalue weighted by molar-refractivity contribution is 5.91. The average Bonchev–Trinajstić information content (AvgIpc) is 2.54. The Morgan fingerprint density at radius 2 is 2.12 bits per heavy atom. The molecule has 2 N–H and O–H groups in total. The maximum atomic E-state index is 12.5. The van der Waals surface area contributed by atoms with E-state index in [2.05, 4.69) is 5.32 Å². The standard InChI is InChI=1S/C17H23F3N2O3/c1-11-3-6-14(15(7-11)25-10-17(18,19)20)21-16(24)22-8-13(9-23)5-4-12(22)2/h3,6-7,12-13,23H,4-5,8-10H2,1-2H3,(H,21,24)/t12-,13+/m0/s1. The number of ether oxygens (including phenoxy) is 1. The van der Waals surface area contributed by atoms with Gasteiger partial charge in [0.05, 0.1) is 5.69 Å². The second-order valence-electron chi connectivity index (χ2n) is 6.46. The molecule has 0 radical (unpaired) electrons. The fourth-order valence-electron chi connectivity index (χ4n) is 2.81. The van der Waals surface area contributed by atoms with Crippen molar-refractivity contribution in [3.05, 3.63) is 23.8 Å². The Kier molecular flexibility index (Phi) is 6.16. The number of aliphatic hydroxyl groups is 1. The molecule has 0 unspecified atom stereocenters. The molecule has 1 aromatic carbocycles. The van der Waals surface area contributed by atoms with Gasteiger partial charge in [0.15, 0.2) is 6.61 Å². The topological polar surface area (TPSA) is 61.8 Å². The number of carbonyl (C=O) groups is 1. The predicted octanol–water partition coefficient (Wildman–Crippen LogP) is 3.56. The summed E-state index contributed by atoms with van der Waals surface area (Å²) in [6, 6.07) is 4.25. The van der Waals surface area contributed by atoms with Crippen LogP contribution in [0.1, 0.15) is 25.3 Å². The summed E-state index contributed by atoms with van der Waals surface area (Å²) < 4.78 is 42.1. The number of urea groups is 1. The molecule has 1 aliphatic rings. The van der Waals surface area contributed by atoms with Crippen LogP contribution in [0.2, 0.25) is 0 Å². The van der Waals surface area contributed by atoms with Crippen molar-refractivity contribution in [3.63, 3.8) is 0 Å². The number of rotatable bonds is 4. The number of alkyl halides is 3. The molecule has 2 amide bonds. The molecule has 1 fully saturated rings. The van der Waals surface area contributed by atoms with Crippen molar-refractivity contribution < 1.29 is 27.8 Å². The minimum atomic E-state index is -4.46. The Morgan fingerprint density at radius 3 is 2.76 bits per heavy atom. The van der Waals surface area contributed by atoms with E-state index in [4.69, 9.17) is 4.74 Å². The van der Waals surface area contributed by atoms with Crippen LogP contribution in [-0.2, 0) is 0 Å². The Balaban J connectivity index is 2.11. The molecule has 5 nitrogen and oxygen atoms in total. The normalized spacial score (nSPS) is 21.1. The number of amides is 2. The zero-order chi connectivity index (χ0) is 18.6. The van der Waals surface area contributed by atoms with Crippen molar-refractivity contribution in [3.8, 4) is 5.75 Å². The molecule has 8 heteroatoms. The van der Waals surface area contributed by atoms with E-state index in [0.717, 1.165) is 18.4 Å². The van der Waals surface area contributed by atoms with E-state index in [1.807, 2.05) is 6.92 Å². The van der Waals surface area contributed by atoms with Crippen molar-refractivity contribution in [2.75, 3.05) is 25.1 Å². The van der Waals surface area contributed by atoms with Crippen LogP contribution in [-0.4, -0.2) is 48.0 Å². The van der Waals surface area contributed by atoms with Crippen LogP contribution < -0.4 is 10.1 Å². The van der Waals surface area contributed by atoms with Crippen LogP contribution in [0.3, 0.4) is 0 Å². The van der Waals surface area contributed by atoms with E-state index in [1.54, 1.807) is 17.9 Å². The number of aryl methyl sites for hydroxylation is 1. The number of likely N-dealkylation sites (tertiary alicyclic amines) is 1. The zero-order valence-corrected chi connectivity index (χ0v) is 14.3.